The molecule has 1 aromatic heterocycles. The number of aryl methyl sites for hydroxylation is 2. The zero-order chi connectivity index (χ0) is 14.4. The second-order valence-electron chi connectivity index (χ2n) is 5.12. The Morgan fingerprint density at radius 1 is 1.30 bits per heavy atom. The Hall–Kier alpha value is -0.790. The zero-order valence-electron chi connectivity index (χ0n) is 13.3. The van der Waals surface area contributed by atoms with Gasteiger partial charge in [0, 0.05) is 12.6 Å². The van der Waals surface area contributed by atoms with Gasteiger partial charge in [-0.25, -0.2) is 9.98 Å². The van der Waals surface area contributed by atoms with Crippen molar-refractivity contribution in [1.29, 1.82) is 0 Å². The van der Waals surface area contributed by atoms with E-state index < -0.39 is 0 Å². The smallest absolute Gasteiger partial charge is 0.216 e. The number of aliphatic imine (C=N–C) groups is 1. The minimum atomic E-state index is 0. The fourth-order valence-electron chi connectivity index (χ4n) is 1.46. The van der Waals surface area contributed by atoms with E-state index in [1.165, 1.54) is 0 Å². The summed E-state index contributed by atoms with van der Waals surface area (Å²) >= 11 is 0. The Balaban J connectivity index is 0.00000361. The molecule has 0 aliphatic heterocycles. The summed E-state index contributed by atoms with van der Waals surface area (Å²) in [5.74, 6) is 2.87. The summed E-state index contributed by atoms with van der Waals surface area (Å²) in [6.07, 6.45) is 0. The quantitative estimate of drug-likeness (QED) is 0.458. The highest BCUT2D eigenvalue weighted by Crippen LogP contribution is 2.09. The van der Waals surface area contributed by atoms with Gasteiger partial charge < -0.3 is 15.1 Å². The first-order valence-corrected chi connectivity index (χ1v) is 6.91. The van der Waals surface area contributed by atoms with Crippen LogP contribution in [0.3, 0.4) is 0 Å². The van der Waals surface area contributed by atoms with Crippen LogP contribution < -0.4 is 10.6 Å². The Labute approximate surface area is 139 Å². The lowest BCUT2D eigenvalue weighted by Crippen LogP contribution is -2.44. The molecule has 0 aliphatic rings. The van der Waals surface area contributed by atoms with Crippen molar-refractivity contribution in [1.82, 2.24) is 15.6 Å². The monoisotopic (exact) mass is 394 g/mol. The average Bonchev–Trinajstić information content (AvgIpc) is 2.66. The van der Waals surface area contributed by atoms with Crippen molar-refractivity contribution >= 4 is 29.9 Å². The van der Waals surface area contributed by atoms with Crippen molar-refractivity contribution in [3.8, 4) is 0 Å². The molecule has 2 N–H and O–H groups in total. The lowest BCUT2D eigenvalue weighted by molar-refractivity contribution is 0.467. The van der Waals surface area contributed by atoms with Crippen LogP contribution >= 0.6 is 24.0 Å². The van der Waals surface area contributed by atoms with Crippen LogP contribution in [-0.2, 0) is 6.54 Å². The van der Waals surface area contributed by atoms with Gasteiger partial charge >= 0.3 is 0 Å². The molecule has 0 amide bonds. The van der Waals surface area contributed by atoms with Gasteiger partial charge in [-0.1, -0.05) is 13.8 Å². The average molecular weight is 394 g/mol. The highest BCUT2D eigenvalue weighted by molar-refractivity contribution is 14.0. The molecule has 0 bridgehead atoms. The van der Waals surface area contributed by atoms with Crippen molar-refractivity contribution in [2.75, 3.05) is 6.54 Å². The number of guanidine groups is 1. The zero-order valence-corrected chi connectivity index (χ0v) is 15.6. The Morgan fingerprint density at radius 3 is 2.40 bits per heavy atom. The molecule has 20 heavy (non-hydrogen) atoms. The maximum Gasteiger partial charge on any atom is 0.216 e. The molecule has 0 saturated heterocycles. The predicted molar refractivity (Wildman–Crippen MR) is 93.6 cm³/mol. The first kappa shape index (κ1) is 19.2. The van der Waals surface area contributed by atoms with Crippen LogP contribution in [0.5, 0.6) is 0 Å². The van der Waals surface area contributed by atoms with E-state index in [9.17, 15) is 0 Å². The molecule has 0 aliphatic carbocycles. The van der Waals surface area contributed by atoms with Crippen LogP contribution in [0.4, 0.5) is 0 Å². The van der Waals surface area contributed by atoms with Gasteiger partial charge in [0.25, 0.3) is 0 Å². The van der Waals surface area contributed by atoms with E-state index in [2.05, 4.69) is 48.3 Å². The fourth-order valence-corrected chi connectivity index (χ4v) is 1.46. The van der Waals surface area contributed by atoms with Gasteiger partial charge in [-0.15, -0.1) is 24.0 Å². The standard InChI is InChI=1S/C14H26N4O.HI/c1-7-15-14(18-10(4)9(2)3)16-8-13-17-11(5)12(6)19-13;/h9-10H,7-8H2,1-6H3,(H2,15,16,18);1H. The van der Waals surface area contributed by atoms with E-state index in [1.807, 2.05) is 13.8 Å². The second kappa shape index (κ2) is 9.20. The van der Waals surface area contributed by atoms with Crippen LogP contribution in [-0.4, -0.2) is 23.5 Å². The normalized spacial score (nSPS) is 13.1. The Bertz CT molecular complexity index is 409. The number of aromatic nitrogens is 1. The summed E-state index contributed by atoms with van der Waals surface area (Å²) in [5.41, 5.74) is 0.929. The molecule has 1 rings (SSSR count). The lowest BCUT2D eigenvalue weighted by Gasteiger charge is -2.20. The van der Waals surface area contributed by atoms with E-state index in [1.54, 1.807) is 0 Å². The van der Waals surface area contributed by atoms with E-state index in [-0.39, 0.29) is 24.0 Å². The molecule has 0 spiro atoms. The van der Waals surface area contributed by atoms with Gasteiger partial charge in [0.2, 0.25) is 5.89 Å². The molecule has 0 saturated carbocycles. The van der Waals surface area contributed by atoms with Crippen molar-refractivity contribution < 1.29 is 4.42 Å². The molecule has 116 valence electrons. The van der Waals surface area contributed by atoms with Crippen LogP contribution in [0.2, 0.25) is 0 Å². The largest absolute Gasteiger partial charge is 0.444 e. The summed E-state index contributed by atoms with van der Waals surface area (Å²) in [7, 11) is 0. The highest BCUT2D eigenvalue weighted by atomic mass is 127. The Kier molecular flexibility index (Phi) is 8.84. The third-order valence-electron chi connectivity index (χ3n) is 3.15. The van der Waals surface area contributed by atoms with Crippen LogP contribution in [0.1, 0.15) is 45.0 Å². The molecule has 1 heterocycles. The number of hydrogen-bond donors (Lipinski definition) is 2. The second-order valence-corrected chi connectivity index (χ2v) is 5.12. The number of hydrogen-bond acceptors (Lipinski definition) is 3. The summed E-state index contributed by atoms with van der Waals surface area (Å²) < 4.78 is 5.52. The molecule has 6 heteroatoms. The Morgan fingerprint density at radius 2 is 1.95 bits per heavy atom. The van der Waals surface area contributed by atoms with Gasteiger partial charge in [-0.05, 0) is 33.6 Å². The molecule has 1 unspecified atom stereocenters. The van der Waals surface area contributed by atoms with Gasteiger partial charge in [0.1, 0.15) is 12.3 Å². The molecule has 1 aromatic rings. The number of oxazole rings is 1. The van der Waals surface area contributed by atoms with E-state index in [0.717, 1.165) is 24.0 Å². The first-order chi connectivity index (χ1) is 8.93. The van der Waals surface area contributed by atoms with Crippen molar-refractivity contribution in [3.05, 3.63) is 17.3 Å². The summed E-state index contributed by atoms with van der Waals surface area (Å²) in [6, 6.07) is 0.367. The van der Waals surface area contributed by atoms with Crippen LogP contribution in [0, 0.1) is 19.8 Å². The predicted octanol–water partition coefficient (Wildman–Crippen LogP) is 3.01. The molecular formula is C14H27IN4O. The minimum Gasteiger partial charge on any atom is -0.444 e. The molecular weight excluding hydrogens is 367 g/mol. The van der Waals surface area contributed by atoms with E-state index >= 15 is 0 Å². The number of halogens is 1. The van der Waals surface area contributed by atoms with Gasteiger partial charge in [-0.2, -0.15) is 0 Å². The van der Waals surface area contributed by atoms with E-state index in [0.29, 0.717) is 24.4 Å². The molecule has 0 aromatic carbocycles. The van der Waals surface area contributed by atoms with Gasteiger partial charge in [-0.3, -0.25) is 0 Å². The maximum atomic E-state index is 5.52. The van der Waals surface area contributed by atoms with Crippen LogP contribution in [0.25, 0.3) is 0 Å². The summed E-state index contributed by atoms with van der Waals surface area (Å²) in [5, 5.41) is 6.61. The summed E-state index contributed by atoms with van der Waals surface area (Å²) in [6.45, 7) is 13.7. The van der Waals surface area contributed by atoms with Crippen molar-refractivity contribution in [2.45, 2.75) is 54.1 Å². The van der Waals surface area contributed by atoms with Crippen LogP contribution in [0.15, 0.2) is 9.41 Å². The number of rotatable bonds is 5. The topological polar surface area (TPSA) is 62.5 Å². The fraction of sp³-hybridized carbons (Fsp3) is 0.714. The first-order valence-electron chi connectivity index (χ1n) is 6.91. The molecule has 0 fully saturated rings. The molecule has 1 atom stereocenters. The van der Waals surface area contributed by atoms with Crippen molar-refractivity contribution in [2.24, 2.45) is 10.9 Å². The third kappa shape index (κ3) is 6.11. The maximum absolute atomic E-state index is 5.52. The number of nitrogens with zero attached hydrogens (tertiary/aromatic N) is 2. The minimum absolute atomic E-state index is 0. The highest BCUT2D eigenvalue weighted by Gasteiger charge is 2.10. The molecule has 5 nitrogen and oxygen atoms in total. The third-order valence-corrected chi connectivity index (χ3v) is 3.15. The number of nitrogens with one attached hydrogen (secondary N) is 2. The van der Waals surface area contributed by atoms with Crippen molar-refractivity contribution in [3.63, 3.8) is 0 Å². The van der Waals surface area contributed by atoms with Gasteiger partial charge in [0.15, 0.2) is 5.96 Å². The van der Waals surface area contributed by atoms with Gasteiger partial charge in [0.05, 0.1) is 5.69 Å². The van der Waals surface area contributed by atoms with E-state index in [4.69, 9.17) is 4.42 Å². The molecule has 0 radical (unpaired) electrons. The lowest BCUT2D eigenvalue weighted by atomic mass is 10.1. The SMILES string of the molecule is CCNC(=NCc1nc(C)c(C)o1)NC(C)C(C)C.I. The summed E-state index contributed by atoms with van der Waals surface area (Å²) in [4.78, 5) is 8.83.